The van der Waals surface area contributed by atoms with Crippen molar-refractivity contribution in [3.05, 3.63) is 35.5 Å². The third kappa shape index (κ3) is 3.10. The number of anilines is 1. The second kappa shape index (κ2) is 6.26. The predicted octanol–water partition coefficient (Wildman–Crippen LogP) is 3.52. The van der Waals surface area contributed by atoms with Crippen LogP contribution in [0.5, 0.6) is 0 Å². The maximum Gasteiger partial charge on any atom is 0.227 e. The summed E-state index contributed by atoms with van der Waals surface area (Å²) in [6.07, 6.45) is 0.467. The highest BCUT2D eigenvalue weighted by Crippen LogP contribution is 2.33. The van der Waals surface area contributed by atoms with Crippen molar-refractivity contribution >= 4 is 51.0 Å². The van der Waals surface area contributed by atoms with Crippen LogP contribution in [0, 0.1) is 5.92 Å². The van der Waals surface area contributed by atoms with Crippen LogP contribution in [0.2, 0.25) is 5.15 Å². The summed E-state index contributed by atoms with van der Waals surface area (Å²) in [6, 6.07) is 9.38. The molecular weight excluding hydrogens is 320 g/mol. The lowest BCUT2D eigenvalue weighted by Crippen LogP contribution is -2.25. The summed E-state index contributed by atoms with van der Waals surface area (Å²) in [7, 11) is 0. The van der Waals surface area contributed by atoms with E-state index in [1.165, 1.54) is 11.8 Å². The summed E-state index contributed by atoms with van der Waals surface area (Å²) in [6.45, 7) is 2.17. The lowest BCUT2D eigenvalue weighted by molar-refractivity contribution is -0.117. The van der Waals surface area contributed by atoms with E-state index in [-0.39, 0.29) is 16.9 Å². The van der Waals surface area contributed by atoms with E-state index < -0.39 is 0 Å². The van der Waals surface area contributed by atoms with Gasteiger partial charge in [-0.05, 0) is 18.1 Å². The number of halogens is 1. The number of carbonyl (C=O) groups excluding carboxylic acids is 2. The standard InChI is InChI=1S/C16H15ClN2O2S/c1-10(20)22-9-11-6-16(21)19(8-11)14-7-15(17)18-13-5-3-2-4-12(13)14/h2-5,7,11H,6,8-9H2,1H3. The zero-order valence-corrected chi connectivity index (χ0v) is 13.7. The van der Waals surface area contributed by atoms with Crippen molar-refractivity contribution in [2.75, 3.05) is 17.2 Å². The number of benzene rings is 1. The predicted molar refractivity (Wildman–Crippen MR) is 90.4 cm³/mol. The number of aromatic nitrogens is 1. The van der Waals surface area contributed by atoms with Crippen molar-refractivity contribution in [3.63, 3.8) is 0 Å². The fourth-order valence-electron chi connectivity index (χ4n) is 2.71. The van der Waals surface area contributed by atoms with E-state index in [9.17, 15) is 9.59 Å². The van der Waals surface area contributed by atoms with Crippen LogP contribution >= 0.6 is 23.4 Å². The number of thioether (sulfide) groups is 1. The Morgan fingerprint density at radius 1 is 1.45 bits per heavy atom. The van der Waals surface area contributed by atoms with Gasteiger partial charge in [0.1, 0.15) is 5.15 Å². The van der Waals surface area contributed by atoms with Gasteiger partial charge < -0.3 is 4.90 Å². The molecule has 1 amide bonds. The molecule has 0 spiro atoms. The average molecular weight is 335 g/mol. The number of rotatable bonds is 3. The molecule has 6 heteroatoms. The van der Waals surface area contributed by atoms with Crippen molar-refractivity contribution in [2.45, 2.75) is 13.3 Å². The van der Waals surface area contributed by atoms with Crippen LogP contribution in [-0.4, -0.2) is 28.3 Å². The molecule has 114 valence electrons. The topological polar surface area (TPSA) is 50.3 Å². The van der Waals surface area contributed by atoms with E-state index in [1.54, 1.807) is 17.9 Å². The molecule has 1 aliphatic heterocycles. The Morgan fingerprint density at radius 3 is 3.00 bits per heavy atom. The Hall–Kier alpha value is -1.59. The van der Waals surface area contributed by atoms with Crippen LogP contribution in [-0.2, 0) is 9.59 Å². The van der Waals surface area contributed by atoms with Gasteiger partial charge in [0, 0.05) is 31.0 Å². The van der Waals surface area contributed by atoms with Crippen LogP contribution in [0.1, 0.15) is 13.3 Å². The van der Waals surface area contributed by atoms with E-state index in [0.717, 1.165) is 16.6 Å². The van der Waals surface area contributed by atoms with Crippen molar-refractivity contribution < 1.29 is 9.59 Å². The van der Waals surface area contributed by atoms with E-state index in [2.05, 4.69) is 4.98 Å². The first kappa shape index (κ1) is 15.3. The van der Waals surface area contributed by atoms with Crippen LogP contribution in [0.15, 0.2) is 30.3 Å². The van der Waals surface area contributed by atoms with Gasteiger partial charge in [-0.15, -0.1) is 0 Å². The first-order valence-electron chi connectivity index (χ1n) is 7.03. The van der Waals surface area contributed by atoms with Crippen molar-refractivity contribution in [1.82, 2.24) is 4.98 Å². The molecule has 0 bridgehead atoms. The molecular formula is C16H15ClN2O2S. The Morgan fingerprint density at radius 2 is 2.23 bits per heavy atom. The first-order chi connectivity index (χ1) is 10.5. The maximum absolute atomic E-state index is 12.4. The molecule has 1 aromatic carbocycles. The number of hydrogen-bond donors (Lipinski definition) is 0. The molecule has 1 aliphatic rings. The van der Waals surface area contributed by atoms with Crippen molar-refractivity contribution in [1.29, 1.82) is 0 Å². The zero-order valence-electron chi connectivity index (χ0n) is 12.1. The zero-order chi connectivity index (χ0) is 15.7. The summed E-state index contributed by atoms with van der Waals surface area (Å²) in [5, 5.41) is 1.38. The number of para-hydroxylation sites is 1. The molecule has 1 saturated heterocycles. The van der Waals surface area contributed by atoms with Gasteiger partial charge in [-0.3, -0.25) is 9.59 Å². The fraction of sp³-hybridized carbons (Fsp3) is 0.312. The minimum atomic E-state index is 0.0709. The molecule has 1 unspecified atom stereocenters. The van der Waals surface area contributed by atoms with Gasteiger partial charge in [0.15, 0.2) is 5.12 Å². The van der Waals surface area contributed by atoms with Gasteiger partial charge in [-0.1, -0.05) is 41.6 Å². The Balaban J connectivity index is 1.91. The van der Waals surface area contributed by atoms with Crippen LogP contribution in [0.3, 0.4) is 0 Å². The van der Waals surface area contributed by atoms with E-state index >= 15 is 0 Å². The average Bonchev–Trinajstić information content (AvgIpc) is 2.85. The molecule has 1 aromatic heterocycles. The third-order valence-electron chi connectivity index (χ3n) is 3.68. The Kier molecular flexibility index (Phi) is 4.36. The van der Waals surface area contributed by atoms with Gasteiger partial charge in [0.25, 0.3) is 0 Å². The summed E-state index contributed by atoms with van der Waals surface area (Å²) in [5.74, 6) is 0.933. The number of amides is 1. The van der Waals surface area contributed by atoms with E-state index in [0.29, 0.717) is 23.9 Å². The summed E-state index contributed by atoms with van der Waals surface area (Å²) in [5.41, 5.74) is 1.58. The fourth-order valence-corrected chi connectivity index (χ4v) is 3.60. The molecule has 22 heavy (non-hydrogen) atoms. The highest BCUT2D eigenvalue weighted by Gasteiger charge is 2.31. The van der Waals surface area contributed by atoms with E-state index in [4.69, 9.17) is 11.6 Å². The van der Waals surface area contributed by atoms with Gasteiger partial charge >= 0.3 is 0 Å². The first-order valence-corrected chi connectivity index (χ1v) is 8.40. The largest absolute Gasteiger partial charge is 0.311 e. The second-order valence-corrected chi connectivity index (χ2v) is 6.94. The minimum absolute atomic E-state index is 0.0709. The molecule has 3 rings (SSSR count). The van der Waals surface area contributed by atoms with Crippen molar-refractivity contribution in [2.24, 2.45) is 5.92 Å². The molecule has 1 atom stereocenters. The number of hydrogen-bond acceptors (Lipinski definition) is 4. The molecule has 2 heterocycles. The summed E-state index contributed by atoms with van der Waals surface area (Å²) >= 11 is 7.37. The molecule has 0 N–H and O–H groups in total. The lowest BCUT2D eigenvalue weighted by atomic mass is 10.1. The monoisotopic (exact) mass is 334 g/mol. The van der Waals surface area contributed by atoms with Crippen LogP contribution in [0.25, 0.3) is 10.9 Å². The minimum Gasteiger partial charge on any atom is -0.311 e. The number of pyridine rings is 1. The normalized spacial score (nSPS) is 18.2. The molecule has 1 fully saturated rings. The maximum atomic E-state index is 12.4. The number of fused-ring (bicyclic) bond motifs is 1. The quantitative estimate of drug-likeness (QED) is 0.806. The second-order valence-electron chi connectivity index (χ2n) is 5.36. The molecule has 4 nitrogen and oxygen atoms in total. The number of carbonyl (C=O) groups is 2. The lowest BCUT2D eigenvalue weighted by Gasteiger charge is -2.19. The molecule has 0 radical (unpaired) electrons. The Labute approximate surface area is 137 Å². The van der Waals surface area contributed by atoms with Gasteiger partial charge in [0.05, 0.1) is 11.2 Å². The third-order valence-corrected chi connectivity index (χ3v) is 4.92. The van der Waals surface area contributed by atoms with E-state index in [1.807, 2.05) is 24.3 Å². The van der Waals surface area contributed by atoms with Crippen LogP contribution in [0.4, 0.5) is 5.69 Å². The molecule has 0 aliphatic carbocycles. The van der Waals surface area contributed by atoms with Crippen molar-refractivity contribution in [3.8, 4) is 0 Å². The molecule has 2 aromatic rings. The number of nitrogens with zero attached hydrogens (tertiary/aromatic N) is 2. The van der Waals surface area contributed by atoms with Gasteiger partial charge in [-0.25, -0.2) is 4.98 Å². The summed E-state index contributed by atoms with van der Waals surface area (Å²) in [4.78, 5) is 29.5. The highest BCUT2D eigenvalue weighted by molar-refractivity contribution is 8.13. The molecule has 0 saturated carbocycles. The highest BCUT2D eigenvalue weighted by atomic mass is 35.5. The van der Waals surface area contributed by atoms with Gasteiger partial charge in [0.2, 0.25) is 5.91 Å². The smallest absolute Gasteiger partial charge is 0.227 e. The van der Waals surface area contributed by atoms with Crippen LogP contribution < -0.4 is 4.90 Å². The van der Waals surface area contributed by atoms with Gasteiger partial charge in [-0.2, -0.15) is 0 Å². The summed E-state index contributed by atoms with van der Waals surface area (Å²) < 4.78 is 0. The Bertz CT molecular complexity index is 750. The SMILES string of the molecule is CC(=O)SCC1CC(=O)N(c2cc(Cl)nc3ccccc23)C1.